The first-order chi connectivity index (χ1) is 21.9. The molecule has 0 aliphatic carbocycles. The highest BCUT2D eigenvalue weighted by Gasteiger charge is 2.39. The Morgan fingerprint density at radius 1 is 0.911 bits per heavy atom. The third-order valence-corrected chi connectivity index (χ3v) is 9.71. The maximum Gasteiger partial charge on any atom is 0.242 e. The molecule has 10 nitrogen and oxygen atoms in total. The van der Waals surface area contributed by atoms with Gasteiger partial charge in [-0.2, -0.15) is 5.10 Å². The van der Waals surface area contributed by atoms with E-state index < -0.39 is 0 Å². The Labute approximate surface area is 265 Å². The van der Waals surface area contributed by atoms with Gasteiger partial charge in [-0.1, -0.05) is 48.5 Å². The van der Waals surface area contributed by atoms with Gasteiger partial charge in [0.2, 0.25) is 24.5 Å². The van der Waals surface area contributed by atoms with E-state index >= 15 is 0 Å². The van der Waals surface area contributed by atoms with Crippen molar-refractivity contribution in [2.24, 2.45) is 0 Å². The summed E-state index contributed by atoms with van der Waals surface area (Å²) in [5, 5.41) is 4.90. The maximum absolute atomic E-state index is 14.1. The van der Waals surface area contributed by atoms with E-state index in [-0.39, 0.29) is 42.1 Å². The average molecular weight is 624 g/mol. The van der Waals surface area contributed by atoms with E-state index in [0.29, 0.717) is 43.5 Å². The molecule has 3 aromatic carbocycles. The second-order valence-corrected chi connectivity index (χ2v) is 12.5. The van der Waals surface area contributed by atoms with Gasteiger partial charge in [-0.05, 0) is 42.3 Å². The highest BCUT2D eigenvalue weighted by atomic mass is 32.2. The third kappa shape index (κ3) is 5.52. The van der Waals surface area contributed by atoms with E-state index in [1.165, 1.54) is 11.8 Å². The van der Waals surface area contributed by atoms with Crippen LogP contribution in [-0.4, -0.2) is 82.6 Å². The minimum absolute atomic E-state index is 0.00322. The van der Waals surface area contributed by atoms with Crippen molar-refractivity contribution >= 4 is 35.3 Å². The van der Waals surface area contributed by atoms with E-state index in [2.05, 4.69) is 0 Å². The lowest BCUT2D eigenvalue weighted by atomic mass is 9.99. The Morgan fingerprint density at radius 3 is 2.42 bits per heavy atom. The van der Waals surface area contributed by atoms with Gasteiger partial charge in [0.1, 0.15) is 12.4 Å². The smallest absolute Gasteiger partial charge is 0.242 e. The molecule has 3 aliphatic heterocycles. The molecule has 4 aromatic rings. The zero-order valence-corrected chi connectivity index (χ0v) is 26.0. The number of hydrogen-bond acceptors (Lipinski definition) is 7. The Morgan fingerprint density at radius 2 is 1.67 bits per heavy atom. The van der Waals surface area contributed by atoms with Gasteiger partial charge < -0.3 is 19.3 Å². The van der Waals surface area contributed by atoms with Gasteiger partial charge >= 0.3 is 0 Å². The maximum atomic E-state index is 14.1. The number of aryl methyl sites for hydroxylation is 1. The second-order valence-electron chi connectivity index (χ2n) is 11.4. The molecule has 0 radical (unpaired) electrons. The number of rotatable bonds is 5. The number of benzene rings is 3. The van der Waals surface area contributed by atoms with Crippen LogP contribution in [0, 0.1) is 6.92 Å². The summed E-state index contributed by atoms with van der Waals surface area (Å²) in [5.74, 6) is 1.75. The third-order valence-electron chi connectivity index (χ3n) is 8.45. The molecule has 45 heavy (non-hydrogen) atoms. The fourth-order valence-corrected chi connectivity index (χ4v) is 7.30. The number of aromatic nitrogens is 2. The fourth-order valence-electron chi connectivity index (χ4n) is 6.11. The Hall–Kier alpha value is -4.77. The summed E-state index contributed by atoms with van der Waals surface area (Å²) in [6.07, 6.45) is 0. The lowest BCUT2D eigenvalue weighted by molar-refractivity contribution is -0.137. The van der Waals surface area contributed by atoms with Crippen LogP contribution in [0.4, 0.5) is 5.82 Å². The predicted molar refractivity (Wildman–Crippen MR) is 172 cm³/mol. The van der Waals surface area contributed by atoms with Crippen molar-refractivity contribution in [2.75, 3.05) is 50.2 Å². The fraction of sp³-hybridized carbons (Fsp3) is 0.294. The first-order valence-corrected chi connectivity index (χ1v) is 16.0. The van der Waals surface area contributed by atoms with Crippen molar-refractivity contribution in [3.05, 3.63) is 89.5 Å². The SMILES string of the molecule is CC(=O)N1CCN(C(=O)CN2C(=O)CS[C@@H](c3ccc4c(c3)OCO4)c3c(-c4ccccc4)nn(-c4cccc(C)c4)c32)CC1. The van der Waals surface area contributed by atoms with Gasteiger partial charge in [0.25, 0.3) is 0 Å². The van der Waals surface area contributed by atoms with Gasteiger partial charge in [0.15, 0.2) is 11.5 Å². The van der Waals surface area contributed by atoms with Crippen molar-refractivity contribution in [3.8, 4) is 28.4 Å². The second kappa shape index (κ2) is 12.0. The number of carbonyl (C=O) groups excluding carboxylic acids is 3. The Kier molecular flexibility index (Phi) is 7.70. The summed E-state index contributed by atoms with van der Waals surface area (Å²) >= 11 is 1.51. The Balaban J connectivity index is 1.39. The molecule has 1 atom stereocenters. The topological polar surface area (TPSA) is 97.2 Å². The summed E-state index contributed by atoms with van der Waals surface area (Å²) in [6.45, 7) is 5.39. The molecule has 230 valence electrons. The van der Waals surface area contributed by atoms with Crippen molar-refractivity contribution in [1.29, 1.82) is 0 Å². The lowest BCUT2D eigenvalue weighted by Gasteiger charge is -2.35. The number of hydrogen-bond donors (Lipinski definition) is 0. The van der Waals surface area contributed by atoms with Crippen molar-refractivity contribution in [3.63, 3.8) is 0 Å². The molecule has 0 saturated carbocycles. The molecule has 0 spiro atoms. The molecule has 3 aliphatic rings. The molecule has 7 rings (SSSR count). The number of ether oxygens (including phenoxy) is 2. The molecule has 1 saturated heterocycles. The molecule has 0 unspecified atom stereocenters. The minimum Gasteiger partial charge on any atom is -0.454 e. The van der Waals surface area contributed by atoms with Gasteiger partial charge in [-0.3, -0.25) is 19.3 Å². The number of anilines is 1. The first kappa shape index (κ1) is 29.0. The van der Waals surface area contributed by atoms with E-state index in [9.17, 15) is 14.4 Å². The van der Waals surface area contributed by atoms with Crippen LogP contribution >= 0.6 is 11.8 Å². The first-order valence-electron chi connectivity index (χ1n) is 15.0. The van der Waals surface area contributed by atoms with Crippen LogP contribution in [0.5, 0.6) is 11.5 Å². The van der Waals surface area contributed by atoms with Crippen LogP contribution in [0.15, 0.2) is 72.8 Å². The molecule has 0 N–H and O–H groups in total. The molecular weight excluding hydrogens is 590 g/mol. The number of amides is 3. The van der Waals surface area contributed by atoms with Crippen molar-refractivity contribution in [1.82, 2.24) is 19.6 Å². The number of nitrogens with zero attached hydrogens (tertiary/aromatic N) is 5. The zero-order valence-electron chi connectivity index (χ0n) is 25.1. The van der Waals surface area contributed by atoms with Crippen LogP contribution in [0.1, 0.15) is 28.9 Å². The highest BCUT2D eigenvalue weighted by Crippen LogP contribution is 2.50. The van der Waals surface area contributed by atoms with Gasteiger partial charge in [0, 0.05) is 44.2 Å². The molecule has 3 amide bonds. The number of fused-ring (bicyclic) bond motifs is 2. The quantitative estimate of drug-likeness (QED) is 0.325. The van der Waals surface area contributed by atoms with E-state index in [1.54, 1.807) is 21.6 Å². The van der Waals surface area contributed by atoms with E-state index in [0.717, 1.165) is 33.6 Å². The number of piperazine rings is 1. The molecule has 1 aromatic heterocycles. The minimum atomic E-state index is -0.286. The van der Waals surface area contributed by atoms with E-state index in [4.69, 9.17) is 14.6 Å². The zero-order chi connectivity index (χ0) is 31.1. The average Bonchev–Trinajstić information content (AvgIpc) is 3.66. The largest absolute Gasteiger partial charge is 0.454 e. The van der Waals surface area contributed by atoms with Crippen LogP contribution in [0.2, 0.25) is 0 Å². The number of carbonyl (C=O) groups is 3. The summed E-state index contributed by atoms with van der Waals surface area (Å²) in [4.78, 5) is 44.9. The summed E-state index contributed by atoms with van der Waals surface area (Å²) in [6, 6.07) is 23.8. The van der Waals surface area contributed by atoms with Gasteiger partial charge in [0.05, 0.1) is 22.4 Å². The normalized spacial score (nSPS) is 17.7. The van der Waals surface area contributed by atoms with Crippen LogP contribution < -0.4 is 14.4 Å². The van der Waals surface area contributed by atoms with E-state index in [1.807, 2.05) is 84.4 Å². The standard InChI is InChI=1S/C34H33N5O5S/c1-22-7-6-10-26(17-22)39-34-31(32(35-39)24-8-4-3-5-9-24)33(25-11-12-27-28(18-25)44-21-43-27)45-20-30(42)38(34)19-29(41)37-15-13-36(14-16-37)23(2)40/h3-12,17-18,33H,13-16,19-21H2,1-2H3/t33-/m0/s1. The highest BCUT2D eigenvalue weighted by molar-refractivity contribution is 8.00. The summed E-state index contributed by atoms with van der Waals surface area (Å²) in [5.41, 5.74) is 5.30. The van der Waals surface area contributed by atoms with Crippen LogP contribution in [0.25, 0.3) is 16.9 Å². The summed E-state index contributed by atoms with van der Waals surface area (Å²) < 4.78 is 13.1. The molecule has 0 bridgehead atoms. The molecule has 4 heterocycles. The van der Waals surface area contributed by atoms with Gasteiger partial charge in [-0.25, -0.2) is 4.68 Å². The Bertz CT molecular complexity index is 1780. The molecule has 11 heteroatoms. The monoisotopic (exact) mass is 623 g/mol. The molecular formula is C34H33N5O5S. The summed E-state index contributed by atoms with van der Waals surface area (Å²) in [7, 11) is 0. The van der Waals surface area contributed by atoms with Crippen LogP contribution in [-0.2, 0) is 14.4 Å². The predicted octanol–water partition coefficient (Wildman–Crippen LogP) is 4.44. The van der Waals surface area contributed by atoms with Crippen LogP contribution in [0.3, 0.4) is 0 Å². The van der Waals surface area contributed by atoms with Crippen molar-refractivity contribution in [2.45, 2.75) is 19.1 Å². The lowest BCUT2D eigenvalue weighted by Crippen LogP contribution is -2.53. The molecule has 1 fully saturated rings. The van der Waals surface area contributed by atoms with Crippen molar-refractivity contribution < 1.29 is 23.9 Å². The van der Waals surface area contributed by atoms with Gasteiger partial charge in [-0.15, -0.1) is 11.8 Å². The number of thioether (sulfide) groups is 1.